The van der Waals surface area contributed by atoms with E-state index in [1.165, 1.54) is 0 Å². The smallest absolute Gasteiger partial charge is 0.168 e. The molecule has 0 bridgehead atoms. The Morgan fingerprint density at radius 1 is 1.33 bits per heavy atom. The summed E-state index contributed by atoms with van der Waals surface area (Å²) in [5, 5.41) is 16.8. The Balaban J connectivity index is 2.05. The summed E-state index contributed by atoms with van der Waals surface area (Å²) in [4.78, 5) is 0. The highest BCUT2D eigenvalue weighted by Gasteiger charge is 2.25. The molecule has 18 heavy (non-hydrogen) atoms. The zero-order chi connectivity index (χ0) is 12.5. The van der Waals surface area contributed by atoms with Crippen molar-refractivity contribution in [3.8, 4) is 11.8 Å². The van der Waals surface area contributed by atoms with E-state index in [0.29, 0.717) is 23.2 Å². The van der Waals surface area contributed by atoms with Gasteiger partial charge in [0.2, 0.25) is 0 Å². The predicted octanol–water partition coefficient (Wildman–Crippen LogP) is 1.90. The maximum atomic E-state index is 9.17. The van der Waals surface area contributed by atoms with E-state index in [0.717, 1.165) is 18.5 Å². The van der Waals surface area contributed by atoms with Gasteiger partial charge < -0.3 is 11.1 Å². The Morgan fingerprint density at radius 2 is 2.06 bits per heavy atom. The normalized spacial score (nSPS) is 14.2. The molecule has 3 rings (SSSR count). The average molecular weight is 239 g/mol. The van der Waals surface area contributed by atoms with Crippen LogP contribution in [0.15, 0.2) is 30.3 Å². The number of aromatic nitrogens is 2. The van der Waals surface area contributed by atoms with Gasteiger partial charge in [0.1, 0.15) is 17.5 Å². The van der Waals surface area contributed by atoms with E-state index in [9.17, 15) is 0 Å². The number of benzene rings is 1. The van der Waals surface area contributed by atoms with E-state index >= 15 is 0 Å². The average Bonchev–Trinajstić information content (AvgIpc) is 3.15. The maximum Gasteiger partial charge on any atom is 0.168 e. The molecule has 3 N–H and O–H groups in total. The van der Waals surface area contributed by atoms with Gasteiger partial charge in [-0.15, -0.1) is 5.10 Å². The first-order chi connectivity index (χ1) is 8.79. The highest BCUT2D eigenvalue weighted by Crippen LogP contribution is 2.29. The van der Waals surface area contributed by atoms with E-state index in [4.69, 9.17) is 11.0 Å². The lowest BCUT2D eigenvalue weighted by atomic mass is 10.3. The van der Waals surface area contributed by atoms with Gasteiger partial charge in [-0.1, -0.05) is 18.2 Å². The molecule has 5 nitrogen and oxygen atoms in total. The molecule has 0 radical (unpaired) electrons. The summed E-state index contributed by atoms with van der Waals surface area (Å²) in [5.74, 6) is 0.966. The molecule has 1 aromatic heterocycles. The fourth-order valence-corrected chi connectivity index (χ4v) is 1.83. The van der Waals surface area contributed by atoms with Crippen molar-refractivity contribution in [3.05, 3.63) is 35.9 Å². The van der Waals surface area contributed by atoms with Gasteiger partial charge in [0, 0.05) is 6.04 Å². The van der Waals surface area contributed by atoms with Gasteiger partial charge in [-0.25, -0.2) is 4.68 Å². The maximum absolute atomic E-state index is 9.17. The number of para-hydroxylation sites is 1. The van der Waals surface area contributed by atoms with Crippen LogP contribution in [0.3, 0.4) is 0 Å². The van der Waals surface area contributed by atoms with Crippen LogP contribution >= 0.6 is 0 Å². The standard InChI is InChI=1S/C13H13N5/c14-8-11-12(15)18(10-4-2-1-3-5-10)17-13(11)16-9-6-7-9/h1-5,9H,6-7,15H2,(H,16,17). The number of nitrogens with two attached hydrogens (primary N) is 1. The van der Waals surface area contributed by atoms with Crippen molar-refractivity contribution in [1.29, 1.82) is 5.26 Å². The Labute approximate surface area is 105 Å². The van der Waals surface area contributed by atoms with E-state index in [1.54, 1.807) is 4.68 Å². The minimum atomic E-state index is 0.381. The predicted molar refractivity (Wildman–Crippen MR) is 69.3 cm³/mol. The summed E-state index contributed by atoms with van der Waals surface area (Å²) in [5.41, 5.74) is 7.26. The number of nitrogen functional groups attached to an aromatic ring is 1. The van der Waals surface area contributed by atoms with Crippen LogP contribution in [0.1, 0.15) is 18.4 Å². The summed E-state index contributed by atoms with van der Waals surface area (Å²) in [7, 11) is 0. The third kappa shape index (κ3) is 1.78. The molecule has 1 saturated carbocycles. The Bertz CT molecular complexity index is 604. The summed E-state index contributed by atoms with van der Waals surface area (Å²) < 4.78 is 1.60. The molecule has 2 aromatic rings. The van der Waals surface area contributed by atoms with E-state index in [1.807, 2.05) is 30.3 Å². The lowest BCUT2D eigenvalue weighted by Crippen LogP contribution is -2.04. The lowest BCUT2D eigenvalue weighted by molar-refractivity contribution is 0.887. The van der Waals surface area contributed by atoms with Gasteiger partial charge in [-0.05, 0) is 25.0 Å². The molecular weight excluding hydrogens is 226 g/mol. The number of nitriles is 1. The molecule has 5 heteroatoms. The Kier molecular flexibility index (Phi) is 2.41. The molecule has 0 amide bonds. The van der Waals surface area contributed by atoms with Crippen molar-refractivity contribution in [3.63, 3.8) is 0 Å². The molecule has 1 fully saturated rings. The van der Waals surface area contributed by atoms with Gasteiger partial charge in [-0.3, -0.25) is 0 Å². The second kappa shape index (κ2) is 4.08. The quantitative estimate of drug-likeness (QED) is 0.857. The third-order valence-corrected chi connectivity index (χ3v) is 2.95. The van der Waals surface area contributed by atoms with Crippen LogP contribution < -0.4 is 11.1 Å². The fourth-order valence-electron chi connectivity index (χ4n) is 1.83. The van der Waals surface area contributed by atoms with Crippen LogP contribution in [0.25, 0.3) is 5.69 Å². The number of nitrogens with zero attached hydrogens (tertiary/aromatic N) is 3. The number of anilines is 2. The monoisotopic (exact) mass is 239 g/mol. The minimum absolute atomic E-state index is 0.381. The first-order valence-corrected chi connectivity index (χ1v) is 5.90. The van der Waals surface area contributed by atoms with Crippen LogP contribution in [0, 0.1) is 11.3 Å². The van der Waals surface area contributed by atoms with E-state index in [-0.39, 0.29) is 0 Å². The largest absolute Gasteiger partial charge is 0.382 e. The molecule has 1 aliphatic carbocycles. The first kappa shape index (κ1) is 10.7. The van der Waals surface area contributed by atoms with Crippen molar-refractivity contribution in [2.24, 2.45) is 0 Å². The molecule has 0 saturated heterocycles. The van der Waals surface area contributed by atoms with Crippen molar-refractivity contribution in [1.82, 2.24) is 9.78 Å². The van der Waals surface area contributed by atoms with Gasteiger partial charge >= 0.3 is 0 Å². The second-order valence-corrected chi connectivity index (χ2v) is 4.39. The molecular formula is C13H13N5. The van der Waals surface area contributed by atoms with Gasteiger partial charge in [0.15, 0.2) is 5.82 Å². The van der Waals surface area contributed by atoms with Crippen LogP contribution in [-0.4, -0.2) is 15.8 Å². The lowest BCUT2D eigenvalue weighted by Gasteiger charge is -2.02. The van der Waals surface area contributed by atoms with E-state index < -0.39 is 0 Å². The van der Waals surface area contributed by atoms with Gasteiger partial charge in [-0.2, -0.15) is 5.26 Å². The minimum Gasteiger partial charge on any atom is -0.382 e. The molecule has 90 valence electrons. The Hall–Kier alpha value is -2.48. The zero-order valence-electron chi connectivity index (χ0n) is 9.80. The number of hydrogen-bond acceptors (Lipinski definition) is 4. The third-order valence-electron chi connectivity index (χ3n) is 2.95. The summed E-state index contributed by atoms with van der Waals surface area (Å²) >= 11 is 0. The van der Waals surface area contributed by atoms with Crippen molar-refractivity contribution in [2.45, 2.75) is 18.9 Å². The van der Waals surface area contributed by atoms with Gasteiger partial charge in [0.25, 0.3) is 0 Å². The number of nitrogens with one attached hydrogen (secondary N) is 1. The van der Waals surface area contributed by atoms with Crippen LogP contribution in [0.5, 0.6) is 0 Å². The fraction of sp³-hybridized carbons (Fsp3) is 0.231. The molecule has 0 atom stereocenters. The van der Waals surface area contributed by atoms with Crippen LogP contribution in [0.2, 0.25) is 0 Å². The highest BCUT2D eigenvalue weighted by molar-refractivity contribution is 5.66. The molecule has 0 spiro atoms. The van der Waals surface area contributed by atoms with E-state index in [2.05, 4.69) is 16.5 Å². The van der Waals surface area contributed by atoms with Crippen molar-refractivity contribution in [2.75, 3.05) is 11.1 Å². The molecule has 0 unspecified atom stereocenters. The zero-order valence-corrected chi connectivity index (χ0v) is 9.80. The van der Waals surface area contributed by atoms with Gasteiger partial charge in [0.05, 0.1) is 5.69 Å². The number of rotatable bonds is 3. The Morgan fingerprint density at radius 3 is 2.67 bits per heavy atom. The topological polar surface area (TPSA) is 79.7 Å². The second-order valence-electron chi connectivity index (χ2n) is 4.39. The summed E-state index contributed by atoms with van der Waals surface area (Å²) in [6, 6.07) is 12.1. The van der Waals surface area contributed by atoms with Crippen molar-refractivity contribution < 1.29 is 0 Å². The molecule has 1 aliphatic rings. The van der Waals surface area contributed by atoms with Crippen LogP contribution in [-0.2, 0) is 0 Å². The molecule has 1 heterocycles. The van der Waals surface area contributed by atoms with Crippen molar-refractivity contribution >= 4 is 11.6 Å². The van der Waals surface area contributed by atoms with Crippen LogP contribution in [0.4, 0.5) is 11.6 Å². The SMILES string of the molecule is N#Cc1c(NC2CC2)nn(-c2ccccc2)c1N. The number of hydrogen-bond donors (Lipinski definition) is 2. The highest BCUT2D eigenvalue weighted by atomic mass is 15.4. The molecule has 0 aliphatic heterocycles. The first-order valence-electron chi connectivity index (χ1n) is 5.90. The summed E-state index contributed by atoms with van der Waals surface area (Å²) in [6.45, 7) is 0. The summed E-state index contributed by atoms with van der Waals surface area (Å²) in [6.07, 6.45) is 2.26. The molecule has 1 aromatic carbocycles.